The van der Waals surface area contributed by atoms with Gasteiger partial charge in [0.2, 0.25) is 5.82 Å². The number of rotatable bonds is 5. The summed E-state index contributed by atoms with van der Waals surface area (Å²) in [7, 11) is -3.71. The second-order valence-electron chi connectivity index (χ2n) is 3.72. The predicted octanol–water partition coefficient (Wildman–Crippen LogP) is 1.66. The zero-order valence-electron chi connectivity index (χ0n) is 10.3. The van der Waals surface area contributed by atoms with Crippen LogP contribution < -0.4 is 0 Å². The topological polar surface area (TPSA) is 98.1 Å². The van der Waals surface area contributed by atoms with Gasteiger partial charge in [0, 0.05) is 5.56 Å². The number of nitrogens with zero attached hydrogens (tertiary/aromatic N) is 4. The molecule has 1 aromatic carbocycles. The lowest BCUT2D eigenvalue weighted by Crippen LogP contribution is -2.04. The fraction of sp³-hybridized carbons (Fsp3) is 0.273. The van der Waals surface area contributed by atoms with Crippen molar-refractivity contribution in [2.75, 3.05) is 6.61 Å². The molecule has 0 aliphatic heterocycles. The Bertz CT molecular complexity index is 576. The smallest absolute Gasteiger partial charge is 0.324 e. The van der Waals surface area contributed by atoms with Crippen molar-refractivity contribution in [1.29, 1.82) is 0 Å². The van der Waals surface area contributed by atoms with E-state index in [0.29, 0.717) is 5.82 Å². The highest BCUT2D eigenvalue weighted by atomic mass is 31.2. The van der Waals surface area contributed by atoms with Crippen LogP contribution in [-0.4, -0.2) is 31.9 Å². The Balaban J connectivity index is 2.13. The molecule has 1 unspecified atom stereocenters. The van der Waals surface area contributed by atoms with E-state index in [4.69, 9.17) is 4.52 Å². The third kappa shape index (κ3) is 3.89. The highest BCUT2D eigenvalue weighted by Gasteiger charge is 2.21. The molecule has 0 bridgehead atoms. The summed E-state index contributed by atoms with van der Waals surface area (Å²) in [5.74, 6) is 0.451. The number of aromatic nitrogens is 4. The lowest BCUT2D eigenvalue weighted by molar-refractivity contribution is 0.271. The van der Waals surface area contributed by atoms with Gasteiger partial charge >= 0.3 is 7.60 Å². The minimum atomic E-state index is -3.71. The molecule has 0 saturated carbocycles. The average Bonchev–Trinajstić information content (AvgIpc) is 2.40. The fourth-order valence-corrected chi connectivity index (χ4v) is 2.42. The van der Waals surface area contributed by atoms with Crippen LogP contribution in [0.25, 0.3) is 11.4 Å². The molecule has 0 aliphatic rings. The molecular weight excluding hydrogens is 267 g/mol. The molecule has 2 rings (SSSR count). The first-order valence-corrected chi connectivity index (χ1v) is 7.45. The molecule has 1 N–H and O–H groups in total. The van der Waals surface area contributed by atoms with Crippen LogP contribution in [0.1, 0.15) is 12.7 Å². The van der Waals surface area contributed by atoms with Gasteiger partial charge < -0.3 is 9.42 Å². The fourth-order valence-electron chi connectivity index (χ4n) is 1.44. The van der Waals surface area contributed by atoms with Gasteiger partial charge in [-0.25, -0.2) is 0 Å². The molecule has 1 heterocycles. The van der Waals surface area contributed by atoms with Crippen molar-refractivity contribution in [1.82, 2.24) is 20.4 Å². The molecule has 2 aromatic rings. The summed E-state index contributed by atoms with van der Waals surface area (Å²) in [5.41, 5.74) is 0.783. The largest absolute Gasteiger partial charge is 0.335 e. The van der Waals surface area contributed by atoms with E-state index in [1.54, 1.807) is 6.92 Å². The monoisotopic (exact) mass is 280 g/mol. The number of hydrogen-bond acceptors (Lipinski definition) is 6. The number of hydrogen-bond donors (Lipinski definition) is 1. The van der Waals surface area contributed by atoms with E-state index >= 15 is 0 Å². The first kappa shape index (κ1) is 13.7. The summed E-state index contributed by atoms with van der Waals surface area (Å²) >= 11 is 0. The van der Waals surface area contributed by atoms with Crippen LogP contribution in [0, 0.1) is 0 Å². The Morgan fingerprint density at radius 2 is 1.79 bits per heavy atom. The Morgan fingerprint density at radius 3 is 2.37 bits per heavy atom. The lowest BCUT2D eigenvalue weighted by atomic mass is 10.2. The van der Waals surface area contributed by atoms with Crippen molar-refractivity contribution < 1.29 is 14.0 Å². The van der Waals surface area contributed by atoms with Crippen molar-refractivity contribution in [2.24, 2.45) is 0 Å². The summed E-state index contributed by atoms with van der Waals surface area (Å²) in [6.45, 7) is 1.79. The first-order valence-electron chi connectivity index (χ1n) is 5.69. The van der Waals surface area contributed by atoms with Crippen LogP contribution >= 0.6 is 7.60 Å². The van der Waals surface area contributed by atoms with Crippen molar-refractivity contribution in [3.63, 3.8) is 0 Å². The van der Waals surface area contributed by atoms with Crippen molar-refractivity contribution in [2.45, 2.75) is 13.1 Å². The second-order valence-corrected chi connectivity index (χ2v) is 5.57. The van der Waals surface area contributed by atoms with Crippen LogP contribution in [-0.2, 0) is 15.3 Å². The van der Waals surface area contributed by atoms with Crippen molar-refractivity contribution >= 4 is 7.60 Å². The molecule has 100 valence electrons. The molecule has 0 fully saturated rings. The average molecular weight is 280 g/mol. The maximum atomic E-state index is 11.5. The molecule has 0 aliphatic carbocycles. The SMILES string of the molecule is CCOP(=O)(O)Cc1nnc(-c2ccccc2)nn1. The molecule has 1 aromatic heterocycles. The van der Waals surface area contributed by atoms with Gasteiger partial charge in [-0.15, -0.1) is 20.4 Å². The van der Waals surface area contributed by atoms with Crippen LogP contribution in [0.2, 0.25) is 0 Å². The van der Waals surface area contributed by atoms with E-state index in [0.717, 1.165) is 5.56 Å². The summed E-state index contributed by atoms with van der Waals surface area (Å²) in [4.78, 5) is 9.45. The molecular formula is C11H13N4O3P. The molecule has 0 spiro atoms. The predicted molar refractivity (Wildman–Crippen MR) is 68.2 cm³/mol. The maximum Gasteiger partial charge on any atom is 0.335 e. The Labute approximate surface area is 110 Å². The molecule has 0 amide bonds. The maximum absolute atomic E-state index is 11.5. The van der Waals surface area contributed by atoms with Crippen LogP contribution in [0.15, 0.2) is 30.3 Å². The van der Waals surface area contributed by atoms with Crippen LogP contribution in [0.3, 0.4) is 0 Å². The van der Waals surface area contributed by atoms with Crippen LogP contribution in [0.5, 0.6) is 0 Å². The first-order chi connectivity index (χ1) is 9.11. The van der Waals surface area contributed by atoms with E-state index < -0.39 is 7.60 Å². The second kappa shape index (κ2) is 5.97. The minimum absolute atomic E-state index is 0.0824. The van der Waals surface area contributed by atoms with E-state index in [2.05, 4.69) is 20.4 Å². The summed E-state index contributed by atoms with van der Waals surface area (Å²) < 4.78 is 16.3. The number of benzene rings is 1. The van der Waals surface area contributed by atoms with Gasteiger partial charge in [-0.2, -0.15) is 0 Å². The van der Waals surface area contributed by atoms with E-state index in [-0.39, 0.29) is 18.6 Å². The molecule has 0 saturated heterocycles. The van der Waals surface area contributed by atoms with E-state index in [1.165, 1.54) is 0 Å². The van der Waals surface area contributed by atoms with Gasteiger partial charge in [0.1, 0.15) is 6.16 Å². The Morgan fingerprint density at radius 1 is 1.16 bits per heavy atom. The minimum Gasteiger partial charge on any atom is -0.324 e. The molecule has 0 radical (unpaired) electrons. The van der Waals surface area contributed by atoms with Gasteiger partial charge in [0.25, 0.3) is 0 Å². The molecule has 19 heavy (non-hydrogen) atoms. The third-order valence-corrected chi connectivity index (χ3v) is 3.57. The Hall–Kier alpha value is -1.69. The zero-order chi connectivity index (χ0) is 13.7. The van der Waals surface area contributed by atoms with Gasteiger partial charge in [0.15, 0.2) is 5.82 Å². The summed E-state index contributed by atoms with van der Waals surface area (Å²) in [6.07, 6.45) is -0.296. The van der Waals surface area contributed by atoms with Crippen molar-refractivity contribution in [3.8, 4) is 11.4 Å². The molecule has 8 heteroatoms. The molecule has 1 atom stereocenters. The normalized spacial score (nSPS) is 14.0. The lowest BCUT2D eigenvalue weighted by Gasteiger charge is -2.08. The van der Waals surface area contributed by atoms with E-state index in [9.17, 15) is 9.46 Å². The molecule has 7 nitrogen and oxygen atoms in total. The summed E-state index contributed by atoms with van der Waals surface area (Å²) in [6, 6.07) is 9.24. The van der Waals surface area contributed by atoms with Gasteiger partial charge in [-0.3, -0.25) is 4.57 Å². The quantitative estimate of drug-likeness (QED) is 0.831. The van der Waals surface area contributed by atoms with Crippen molar-refractivity contribution in [3.05, 3.63) is 36.2 Å². The highest BCUT2D eigenvalue weighted by molar-refractivity contribution is 7.51. The van der Waals surface area contributed by atoms with Gasteiger partial charge in [-0.05, 0) is 6.92 Å². The van der Waals surface area contributed by atoms with Gasteiger partial charge in [-0.1, -0.05) is 30.3 Å². The standard InChI is InChI=1S/C11H13N4O3P/c1-2-18-19(16,17)8-10-12-14-11(15-13-10)9-6-4-3-5-7-9/h3-7H,2,8H2,1H3,(H,16,17). The Kier molecular flexibility index (Phi) is 4.31. The van der Waals surface area contributed by atoms with Crippen LogP contribution in [0.4, 0.5) is 0 Å². The highest BCUT2D eigenvalue weighted by Crippen LogP contribution is 2.44. The van der Waals surface area contributed by atoms with E-state index in [1.807, 2.05) is 30.3 Å². The zero-order valence-corrected chi connectivity index (χ0v) is 11.2. The third-order valence-electron chi connectivity index (χ3n) is 2.22. The van der Waals surface area contributed by atoms with Gasteiger partial charge in [0.05, 0.1) is 6.61 Å². The summed E-state index contributed by atoms with van der Waals surface area (Å²) in [5, 5.41) is 15.3.